The van der Waals surface area contributed by atoms with Gasteiger partial charge in [0.25, 0.3) is 0 Å². The molecule has 0 amide bonds. The van der Waals surface area contributed by atoms with Gasteiger partial charge in [0, 0.05) is 17.9 Å². The van der Waals surface area contributed by atoms with Crippen LogP contribution in [0, 0.1) is 11.8 Å². The topological polar surface area (TPSA) is 80.7 Å². The fourth-order valence-corrected chi connectivity index (χ4v) is 4.96. The molecule has 2 aliphatic carbocycles. The molecule has 3 rings (SSSR count). The van der Waals surface area contributed by atoms with Crippen LogP contribution in [0.15, 0.2) is 76.6 Å². The molecule has 1 aromatic rings. The Balaban J connectivity index is 1.94. The maximum Gasteiger partial charge on any atom is 0.342 e. The SMILES string of the molecule is C=C(C)[C@@H]1CCC(C)=C[C@H]1C1=C(O)C(=O)C(CCCCC)=C(C(=O)OCCc2ccccc2)C1=O. The molecule has 0 aliphatic heterocycles. The Bertz CT molecular complexity index is 1090. The summed E-state index contributed by atoms with van der Waals surface area (Å²) in [4.78, 5) is 40.3. The van der Waals surface area contributed by atoms with E-state index in [0.717, 1.165) is 42.4 Å². The summed E-state index contributed by atoms with van der Waals surface area (Å²) in [7, 11) is 0. The molecule has 0 bridgehead atoms. The Morgan fingerprint density at radius 2 is 1.83 bits per heavy atom. The van der Waals surface area contributed by atoms with E-state index in [4.69, 9.17) is 4.74 Å². The van der Waals surface area contributed by atoms with Gasteiger partial charge < -0.3 is 9.84 Å². The van der Waals surface area contributed by atoms with Crippen LogP contribution in [0.1, 0.15) is 64.9 Å². The normalized spacial score (nSPS) is 20.7. The Morgan fingerprint density at radius 1 is 1.11 bits per heavy atom. The first-order valence-electron chi connectivity index (χ1n) is 12.6. The van der Waals surface area contributed by atoms with Crippen LogP contribution < -0.4 is 0 Å². The second kappa shape index (κ2) is 12.0. The molecule has 2 aliphatic rings. The first-order valence-corrected chi connectivity index (χ1v) is 12.6. The van der Waals surface area contributed by atoms with Gasteiger partial charge in [-0.25, -0.2) is 4.79 Å². The second-order valence-corrected chi connectivity index (χ2v) is 9.63. The lowest BCUT2D eigenvalue weighted by Gasteiger charge is -2.33. The van der Waals surface area contributed by atoms with E-state index in [2.05, 4.69) is 6.58 Å². The lowest BCUT2D eigenvalue weighted by Crippen LogP contribution is -2.35. The van der Waals surface area contributed by atoms with Crippen molar-refractivity contribution in [3.05, 3.63) is 82.2 Å². The van der Waals surface area contributed by atoms with Crippen LogP contribution in [0.2, 0.25) is 0 Å². The highest BCUT2D eigenvalue weighted by Gasteiger charge is 2.43. The maximum atomic E-state index is 13.8. The molecule has 0 unspecified atom stereocenters. The number of allylic oxidation sites excluding steroid dienone is 5. The van der Waals surface area contributed by atoms with Gasteiger partial charge in [-0.05, 0) is 51.0 Å². The average molecular weight is 477 g/mol. The van der Waals surface area contributed by atoms with Crippen molar-refractivity contribution in [1.82, 2.24) is 0 Å². The number of hydrogen-bond acceptors (Lipinski definition) is 5. The molecule has 5 heteroatoms. The minimum Gasteiger partial charge on any atom is -0.504 e. The summed E-state index contributed by atoms with van der Waals surface area (Å²) in [6.45, 7) is 10.1. The molecule has 2 atom stereocenters. The lowest BCUT2D eigenvalue weighted by molar-refractivity contribution is -0.140. The fraction of sp³-hybridized carbons (Fsp3) is 0.433. The van der Waals surface area contributed by atoms with E-state index in [9.17, 15) is 19.5 Å². The molecule has 5 nitrogen and oxygen atoms in total. The van der Waals surface area contributed by atoms with E-state index in [-0.39, 0.29) is 35.7 Å². The smallest absolute Gasteiger partial charge is 0.342 e. The second-order valence-electron chi connectivity index (χ2n) is 9.63. The highest BCUT2D eigenvalue weighted by molar-refractivity contribution is 6.34. The minimum absolute atomic E-state index is 0.00343. The molecule has 35 heavy (non-hydrogen) atoms. The van der Waals surface area contributed by atoms with Crippen molar-refractivity contribution in [3.63, 3.8) is 0 Å². The third-order valence-electron chi connectivity index (χ3n) is 6.93. The summed E-state index contributed by atoms with van der Waals surface area (Å²) in [5.41, 5.74) is 2.81. The zero-order valence-corrected chi connectivity index (χ0v) is 21.1. The molecule has 0 saturated heterocycles. The van der Waals surface area contributed by atoms with Crippen LogP contribution in [0.3, 0.4) is 0 Å². The van der Waals surface area contributed by atoms with Crippen molar-refractivity contribution in [3.8, 4) is 0 Å². The van der Waals surface area contributed by atoms with Crippen molar-refractivity contribution in [2.45, 2.75) is 65.7 Å². The van der Waals surface area contributed by atoms with Gasteiger partial charge in [0.1, 0.15) is 5.57 Å². The number of carbonyl (C=O) groups is 3. The van der Waals surface area contributed by atoms with E-state index in [1.165, 1.54) is 0 Å². The van der Waals surface area contributed by atoms with E-state index in [1.54, 1.807) is 0 Å². The van der Waals surface area contributed by atoms with Gasteiger partial charge in [-0.2, -0.15) is 0 Å². The van der Waals surface area contributed by atoms with Crippen molar-refractivity contribution < 1.29 is 24.2 Å². The quantitative estimate of drug-likeness (QED) is 0.144. The average Bonchev–Trinajstić information content (AvgIpc) is 2.83. The Kier molecular flexibility index (Phi) is 9.02. The molecule has 1 N–H and O–H groups in total. The van der Waals surface area contributed by atoms with Crippen LogP contribution in [0.5, 0.6) is 0 Å². The maximum absolute atomic E-state index is 13.8. The number of ketones is 2. The lowest BCUT2D eigenvalue weighted by atomic mass is 9.70. The summed E-state index contributed by atoms with van der Waals surface area (Å²) in [6, 6.07) is 9.61. The first kappa shape index (κ1) is 26.4. The number of hydrogen-bond donors (Lipinski definition) is 1. The van der Waals surface area contributed by atoms with E-state index < -0.39 is 29.2 Å². The largest absolute Gasteiger partial charge is 0.504 e. The standard InChI is InChI=1S/C30H36O5/c1-5-6-8-13-23-26(30(34)35-17-16-21-11-9-7-10-12-21)28(32)25(29(33)27(23)31)24-18-20(4)14-15-22(24)19(2)3/h7,9-12,18,22,24,33H,2,5-6,8,13-17H2,1,3-4H3/t22-,24+/m0/s1. The third kappa shape index (κ3) is 6.08. The minimum atomic E-state index is -0.792. The number of aliphatic hydroxyl groups is 1. The fourth-order valence-electron chi connectivity index (χ4n) is 4.96. The Morgan fingerprint density at radius 3 is 2.49 bits per heavy atom. The van der Waals surface area contributed by atoms with Gasteiger partial charge in [0.2, 0.25) is 11.6 Å². The molecular weight excluding hydrogens is 440 g/mol. The summed E-state index contributed by atoms with van der Waals surface area (Å²) in [5, 5.41) is 11.0. The first-order chi connectivity index (χ1) is 16.8. The molecule has 1 aromatic carbocycles. The monoisotopic (exact) mass is 476 g/mol. The van der Waals surface area contributed by atoms with Crippen molar-refractivity contribution in [2.24, 2.45) is 11.8 Å². The molecular formula is C30H36O5. The zero-order valence-electron chi connectivity index (χ0n) is 21.1. The molecule has 0 fully saturated rings. The number of rotatable bonds is 10. The van der Waals surface area contributed by atoms with E-state index in [0.29, 0.717) is 12.8 Å². The molecule has 0 aromatic heterocycles. The summed E-state index contributed by atoms with van der Waals surface area (Å²) in [5.74, 6) is -3.15. The Labute approximate surface area is 208 Å². The van der Waals surface area contributed by atoms with Crippen molar-refractivity contribution in [1.29, 1.82) is 0 Å². The molecule has 0 spiro atoms. The number of benzene rings is 1. The van der Waals surface area contributed by atoms with Crippen molar-refractivity contribution >= 4 is 17.5 Å². The third-order valence-corrected chi connectivity index (χ3v) is 6.93. The van der Waals surface area contributed by atoms with Crippen LogP contribution in [0.4, 0.5) is 0 Å². The summed E-state index contributed by atoms with van der Waals surface area (Å²) in [6.07, 6.45) is 6.73. The number of aliphatic hydroxyl groups excluding tert-OH is 1. The number of unbranched alkanes of at least 4 members (excludes halogenated alkanes) is 2. The molecule has 0 saturated carbocycles. The van der Waals surface area contributed by atoms with Crippen LogP contribution in [-0.2, 0) is 25.5 Å². The Hall–Kier alpha value is -3.21. The van der Waals surface area contributed by atoms with Crippen LogP contribution >= 0.6 is 0 Å². The predicted octanol–water partition coefficient (Wildman–Crippen LogP) is 6.16. The van der Waals surface area contributed by atoms with Gasteiger partial charge in [-0.1, -0.05) is 73.9 Å². The molecule has 0 heterocycles. The highest BCUT2D eigenvalue weighted by atomic mass is 16.5. The molecule has 0 radical (unpaired) electrons. The van der Waals surface area contributed by atoms with Crippen LogP contribution in [0.25, 0.3) is 0 Å². The van der Waals surface area contributed by atoms with Gasteiger partial charge in [0.15, 0.2) is 5.76 Å². The van der Waals surface area contributed by atoms with E-state index in [1.807, 2.05) is 57.2 Å². The number of Topliss-reactive ketones (excluding diaryl/α,β-unsaturated/α-hetero) is 2. The van der Waals surface area contributed by atoms with E-state index >= 15 is 0 Å². The molecule has 186 valence electrons. The van der Waals surface area contributed by atoms with Gasteiger partial charge >= 0.3 is 5.97 Å². The summed E-state index contributed by atoms with van der Waals surface area (Å²) < 4.78 is 5.50. The number of esters is 1. The van der Waals surface area contributed by atoms with Gasteiger partial charge in [0.05, 0.1) is 12.2 Å². The highest BCUT2D eigenvalue weighted by Crippen LogP contribution is 2.42. The van der Waals surface area contributed by atoms with Gasteiger partial charge in [-0.15, -0.1) is 0 Å². The zero-order chi connectivity index (χ0) is 25.5. The van der Waals surface area contributed by atoms with Crippen molar-refractivity contribution in [2.75, 3.05) is 6.61 Å². The summed E-state index contributed by atoms with van der Waals surface area (Å²) >= 11 is 0. The van der Waals surface area contributed by atoms with Gasteiger partial charge in [-0.3, -0.25) is 9.59 Å². The number of ether oxygens (including phenoxy) is 1. The van der Waals surface area contributed by atoms with Crippen LogP contribution in [-0.4, -0.2) is 29.2 Å². The number of carbonyl (C=O) groups excluding carboxylic acids is 3. The predicted molar refractivity (Wildman–Crippen MR) is 137 cm³/mol.